The fourth-order valence-corrected chi connectivity index (χ4v) is 1.36. The van der Waals surface area contributed by atoms with Crippen LogP contribution in [0.2, 0.25) is 0 Å². The van der Waals surface area contributed by atoms with E-state index in [1.165, 1.54) is 18.3 Å². The Hall–Kier alpha value is -2.21. The molecule has 0 amide bonds. The van der Waals surface area contributed by atoms with Crippen LogP contribution in [0.3, 0.4) is 0 Å². The summed E-state index contributed by atoms with van der Waals surface area (Å²) in [6, 6.07) is 11.6. The van der Waals surface area contributed by atoms with Gasteiger partial charge in [0.2, 0.25) is 0 Å². The molecule has 0 aliphatic heterocycles. The van der Waals surface area contributed by atoms with Crippen molar-refractivity contribution in [2.24, 2.45) is 0 Å². The van der Waals surface area contributed by atoms with Crippen molar-refractivity contribution in [2.75, 3.05) is 0 Å². The Kier molecular flexibility index (Phi) is 2.42. The van der Waals surface area contributed by atoms with Crippen molar-refractivity contribution in [2.45, 2.75) is 0 Å². The molecule has 0 spiro atoms. The van der Waals surface area contributed by atoms with Gasteiger partial charge in [-0.25, -0.2) is 4.39 Å². The normalized spacial score (nSPS) is 9.60. The monoisotopic (exact) mass is 198 g/mol. The van der Waals surface area contributed by atoms with Gasteiger partial charge < -0.3 is 0 Å². The number of hydrogen-bond donors (Lipinski definition) is 0. The van der Waals surface area contributed by atoms with Gasteiger partial charge in [-0.1, -0.05) is 18.2 Å². The second-order valence-electron chi connectivity index (χ2n) is 3.02. The van der Waals surface area contributed by atoms with Crippen LogP contribution in [0.15, 0.2) is 42.6 Å². The number of aromatic nitrogens is 1. The number of hydrogen-bond acceptors (Lipinski definition) is 2. The molecule has 0 fully saturated rings. The maximum atomic E-state index is 13.0. The Bertz CT molecular complexity index is 529. The van der Waals surface area contributed by atoms with E-state index in [1.807, 2.05) is 0 Å². The lowest BCUT2D eigenvalue weighted by molar-refractivity contribution is 0.626. The molecule has 15 heavy (non-hydrogen) atoms. The van der Waals surface area contributed by atoms with Crippen molar-refractivity contribution in [1.29, 1.82) is 5.26 Å². The molecule has 0 atom stereocenters. The third kappa shape index (κ3) is 1.84. The first-order valence-corrected chi connectivity index (χ1v) is 4.42. The summed E-state index contributed by atoms with van der Waals surface area (Å²) >= 11 is 0. The highest BCUT2D eigenvalue weighted by molar-refractivity contribution is 5.66. The molecule has 1 aromatic heterocycles. The molecule has 1 aromatic carbocycles. The van der Waals surface area contributed by atoms with Gasteiger partial charge in [-0.2, -0.15) is 5.26 Å². The summed E-state index contributed by atoms with van der Waals surface area (Å²) < 4.78 is 13.0. The van der Waals surface area contributed by atoms with Crippen molar-refractivity contribution < 1.29 is 4.39 Å². The topological polar surface area (TPSA) is 36.7 Å². The maximum Gasteiger partial charge on any atom is 0.126 e. The molecule has 2 rings (SSSR count). The Morgan fingerprint density at radius 1 is 1.20 bits per heavy atom. The van der Waals surface area contributed by atoms with Crippen LogP contribution in [0, 0.1) is 17.1 Å². The van der Waals surface area contributed by atoms with Gasteiger partial charge in [-0.3, -0.25) is 4.98 Å². The number of halogens is 1. The van der Waals surface area contributed by atoms with Gasteiger partial charge in [0.1, 0.15) is 5.82 Å². The summed E-state index contributed by atoms with van der Waals surface area (Å²) in [4.78, 5) is 4.03. The molecule has 2 nitrogen and oxygen atoms in total. The van der Waals surface area contributed by atoms with Crippen LogP contribution < -0.4 is 0 Å². The van der Waals surface area contributed by atoms with E-state index >= 15 is 0 Å². The number of pyridine rings is 1. The predicted octanol–water partition coefficient (Wildman–Crippen LogP) is 2.76. The minimum Gasteiger partial charge on any atom is -0.256 e. The van der Waals surface area contributed by atoms with Crippen LogP contribution >= 0.6 is 0 Å². The third-order valence-corrected chi connectivity index (χ3v) is 2.05. The average molecular weight is 198 g/mol. The van der Waals surface area contributed by atoms with Crippen LogP contribution in [-0.4, -0.2) is 4.98 Å². The predicted molar refractivity (Wildman–Crippen MR) is 54.3 cm³/mol. The summed E-state index contributed by atoms with van der Waals surface area (Å²) in [7, 11) is 0. The fourth-order valence-electron chi connectivity index (χ4n) is 1.36. The largest absolute Gasteiger partial charge is 0.256 e. The van der Waals surface area contributed by atoms with Crippen LogP contribution in [0.25, 0.3) is 11.3 Å². The lowest BCUT2D eigenvalue weighted by Gasteiger charge is -2.02. The molecule has 2 aromatic rings. The van der Waals surface area contributed by atoms with Gasteiger partial charge in [0, 0.05) is 17.8 Å². The summed E-state index contributed by atoms with van der Waals surface area (Å²) in [5, 5.41) is 8.88. The highest BCUT2D eigenvalue weighted by Gasteiger charge is 2.05. The highest BCUT2D eigenvalue weighted by atomic mass is 19.1. The molecular weight excluding hydrogens is 191 g/mol. The van der Waals surface area contributed by atoms with Crippen LogP contribution in [0.4, 0.5) is 4.39 Å². The minimum atomic E-state index is -0.354. The van der Waals surface area contributed by atoms with E-state index in [4.69, 9.17) is 5.26 Å². The Morgan fingerprint density at radius 3 is 2.73 bits per heavy atom. The first kappa shape index (κ1) is 9.35. The second-order valence-corrected chi connectivity index (χ2v) is 3.02. The molecule has 0 aliphatic rings. The summed E-state index contributed by atoms with van der Waals surface area (Å²) in [5.74, 6) is -0.354. The van der Waals surface area contributed by atoms with E-state index in [-0.39, 0.29) is 5.82 Å². The minimum absolute atomic E-state index is 0.354. The zero-order valence-corrected chi connectivity index (χ0v) is 7.81. The second kappa shape index (κ2) is 3.89. The number of nitrogens with zero attached hydrogens (tertiary/aromatic N) is 2. The van der Waals surface area contributed by atoms with Gasteiger partial charge in [-0.05, 0) is 12.1 Å². The van der Waals surface area contributed by atoms with Crippen LogP contribution in [0.5, 0.6) is 0 Å². The van der Waals surface area contributed by atoms with Gasteiger partial charge in [0.15, 0.2) is 0 Å². The zero-order valence-electron chi connectivity index (χ0n) is 7.81. The van der Waals surface area contributed by atoms with E-state index in [0.29, 0.717) is 16.8 Å². The van der Waals surface area contributed by atoms with Crippen molar-refractivity contribution >= 4 is 0 Å². The molecule has 0 radical (unpaired) electrons. The zero-order chi connectivity index (χ0) is 10.7. The molecule has 0 saturated carbocycles. The summed E-state index contributed by atoms with van der Waals surface area (Å²) in [6.45, 7) is 0. The third-order valence-electron chi connectivity index (χ3n) is 2.05. The number of benzene rings is 1. The van der Waals surface area contributed by atoms with E-state index in [2.05, 4.69) is 11.1 Å². The SMILES string of the molecule is N#Cc1ccccc1-c1cc(F)ccn1. The van der Waals surface area contributed by atoms with Gasteiger partial charge >= 0.3 is 0 Å². The summed E-state index contributed by atoms with van der Waals surface area (Å²) in [5.41, 5.74) is 1.63. The molecular formula is C12H7FN2. The van der Waals surface area contributed by atoms with E-state index in [9.17, 15) is 4.39 Å². The molecule has 3 heteroatoms. The van der Waals surface area contributed by atoms with Crippen LogP contribution in [-0.2, 0) is 0 Å². The maximum absolute atomic E-state index is 13.0. The summed E-state index contributed by atoms with van der Waals surface area (Å²) in [6.07, 6.45) is 1.39. The van der Waals surface area contributed by atoms with Crippen molar-refractivity contribution in [3.8, 4) is 17.3 Å². The van der Waals surface area contributed by atoms with Crippen molar-refractivity contribution in [1.82, 2.24) is 4.98 Å². The molecule has 0 saturated heterocycles. The van der Waals surface area contributed by atoms with Crippen molar-refractivity contribution in [3.05, 3.63) is 54.0 Å². The molecule has 0 N–H and O–H groups in total. The number of nitriles is 1. The molecule has 0 unspecified atom stereocenters. The molecule has 0 aliphatic carbocycles. The van der Waals surface area contributed by atoms with Crippen LogP contribution in [0.1, 0.15) is 5.56 Å². The molecule has 0 bridgehead atoms. The first-order chi connectivity index (χ1) is 7.31. The lowest BCUT2D eigenvalue weighted by Crippen LogP contribution is -1.88. The number of rotatable bonds is 1. The smallest absolute Gasteiger partial charge is 0.126 e. The molecule has 1 heterocycles. The standard InChI is InChI=1S/C12H7FN2/c13-10-5-6-15-12(7-10)11-4-2-1-3-9(11)8-14/h1-7H. The average Bonchev–Trinajstić information content (AvgIpc) is 2.29. The van der Waals surface area contributed by atoms with Gasteiger partial charge in [0.05, 0.1) is 17.3 Å². The van der Waals surface area contributed by atoms with Gasteiger partial charge in [0.25, 0.3) is 0 Å². The molecule has 72 valence electrons. The van der Waals surface area contributed by atoms with E-state index in [1.54, 1.807) is 24.3 Å². The highest BCUT2D eigenvalue weighted by Crippen LogP contribution is 2.21. The Morgan fingerprint density at radius 2 is 2.00 bits per heavy atom. The van der Waals surface area contributed by atoms with Crippen molar-refractivity contribution in [3.63, 3.8) is 0 Å². The van der Waals surface area contributed by atoms with E-state index < -0.39 is 0 Å². The first-order valence-electron chi connectivity index (χ1n) is 4.42. The lowest BCUT2D eigenvalue weighted by atomic mass is 10.1. The quantitative estimate of drug-likeness (QED) is 0.706. The Labute approximate surface area is 86.6 Å². The van der Waals surface area contributed by atoms with Gasteiger partial charge in [-0.15, -0.1) is 0 Å². The van der Waals surface area contributed by atoms with E-state index in [0.717, 1.165) is 0 Å². The fraction of sp³-hybridized carbons (Fsp3) is 0. The Balaban J connectivity index is 2.60.